The Hall–Kier alpha value is -4.00. The second-order valence-electron chi connectivity index (χ2n) is 14.6. The van der Waals surface area contributed by atoms with Gasteiger partial charge in [-0.15, -0.1) is 0 Å². The van der Waals surface area contributed by atoms with E-state index >= 15 is 0 Å². The van der Waals surface area contributed by atoms with Crippen LogP contribution in [0.3, 0.4) is 0 Å². The molecule has 0 saturated heterocycles. The van der Waals surface area contributed by atoms with Crippen LogP contribution < -0.4 is 4.74 Å². The van der Waals surface area contributed by atoms with Crippen LogP contribution in [0, 0.1) is 18.8 Å². The van der Waals surface area contributed by atoms with Gasteiger partial charge in [0.05, 0.1) is 6.20 Å². The van der Waals surface area contributed by atoms with Gasteiger partial charge in [0.2, 0.25) is 0 Å². The molecule has 0 bridgehead atoms. The first-order valence-electron chi connectivity index (χ1n) is 19.1. The zero-order chi connectivity index (χ0) is 36.1. The Labute approximate surface area is 302 Å². The molecule has 3 aromatic rings. The molecule has 7 heteroatoms. The van der Waals surface area contributed by atoms with E-state index in [1.54, 1.807) is 6.20 Å². The summed E-state index contributed by atoms with van der Waals surface area (Å²) < 4.78 is 46.9. The minimum Gasteiger partial charge on any atom is -0.457 e. The van der Waals surface area contributed by atoms with E-state index in [1.807, 2.05) is 24.3 Å². The molecule has 4 atom stereocenters. The largest absolute Gasteiger partial charge is 0.457 e. The molecule has 3 aliphatic carbocycles. The molecule has 0 amide bonds. The SMILES string of the molecule is C=CC(F)Oc1ccc(-c2[nH]c(C3CCCCC(C4=C(CC)C=CCC(C)C5=C4C=C(c4cnn(C(F)F)c4)CCC5)CC3)c(CC)c2C)cc1. The molecule has 1 saturated carbocycles. The zero-order valence-corrected chi connectivity index (χ0v) is 30.8. The highest BCUT2D eigenvalue weighted by Crippen LogP contribution is 2.46. The monoisotopic (exact) mass is 697 g/mol. The lowest BCUT2D eigenvalue weighted by molar-refractivity contribution is 0.0566. The number of allylic oxidation sites excluding steroid dienone is 8. The van der Waals surface area contributed by atoms with E-state index in [1.165, 1.54) is 58.2 Å². The Morgan fingerprint density at radius 1 is 0.980 bits per heavy atom. The number of hydrogen-bond acceptors (Lipinski definition) is 2. The quantitative estimate of drug-likeness (QED) is 0.214. The molecule has 1 N–H and O–H groups in total. The van der Waals surface area contributed by atoms with Gasteiger partial charge in [0.25, 0.3) is 6.36 Å². The fourth-order valence-electron chi connectivity index (χ4n) is 8.83. The molecule has 51 heavy (non-hydrogen) atoms. The molecule has 0 spiro atoms. The first-order valence-corrected chi connectivity index (χ1v) is 19.1. The van der Waals surface area contributed by atoms with Crippen LogP contribution >= 0.6 is 0 Å². The summed E-state index contributed by atoms with van der Waals surface area (Å²) in [5.41, 5.74) is 14.0. The summed E-state index contributed by atoms with van der Waals surface area (Å²) in [7, 11) is 0. The van der Waals surface area contributed by atoms with Crippen molar-refractivity contribution < 1.29 is 17.9 Å². The van der Waals surface area contributed by atoms with Crippen molar-refractivity contribution in [2.75, 3.05) is 0 Å². The van der Waals surface area contributed by atoms with Gasteiger partial charge < -0.3 is 9.72 Å². The molecule has 4 unspecified atom stereocenters. The molecule has 1 aromatic carbocycles. The topological polar surface area (TPSA) is 42.8 Å². The number of alkyl halides is 3. The van der Waals surface area contributed by atoms with E-state index in [2.05, 4.69) is 62.6 Å². The van der Waals surface area contributed by atoms with Crippen molar-refractivity contribution in [1.29, 1.82) is 0 Å². The fraction of sp³-hybridized carbons (Fsp3) is 0.477. The van der Waals surface area contributed by atoms with Gasteiger partial charge in [0.15, 0.2) is 0 Å². The number of nitrogens with one attached hydrogen (secondary N) is 1. The van der Waals surface area contributed by atoms with Gasteiger partial charge >= 0.3 is 6.55 Å². The Morgan fingerprint density at radius 3 is 2.41 bits per heavy atom. The molecule has 0 radical (unpaired) electrons. The van der Waals surface area contributed by atoms with E-state index in [4.69, 9.17) is 4.74 Å². The number of ether oxygens (including phenoxy) is 1. The van der Waals surface area contributed by atoms with Crippen LogP contribution in [0.1, 0.15) is 126 Å². The highest BCUT2D eigenvalue weighted by molar-refractivity contribution is 5.72. The number of aromatic nitrogens is 3. The first kappa shape index (κ1) is 36.8. The van der Waals surface area contributed by atoms with Crippen molar-refractivity contribution in [3.8, 4) is 17.0 Å². The third-order valence-corrected chi connectivity index (χ3v) is 11.5. The maximum atomic E-state index is 13.7. The fourth-order valence-corrected chi connectivity index (χ4v) is 8.83. The van der Waals surface area contributed by atoms with Crippen LogP contribution in [-0.4, -0.2) is 21.1 Å². The van der Waals surface area contributed by atoms with E-state index in [9.17, 15) is 13.2 Å². The average molecular weight is 698 g/mol. The minimum atomic E-state index is -2.64. The van der Waals surface area contributed by atoms with Gasteiger partial charge in [-0.2, -0.15) is 18.3 Å². The second-order valence-corrected chi connectivity index (χ2v) is 14.6. The van der Waals surface area contributed by atoms with Crippen molar-refractivity contribution in [2.24, 2.45) is 11.8 Å². The molecule has 272 valence electrons. The van der Waals surface area contributed by atoms with E-state index in [0.717, 1.165) is 97.4 Å². The van der Waals surface area contributed by atoms with Crippen LogP contribution in [0.15, 0.2) is 89.8 Å². The predicted octanol–water partition coefficient (Wildman–Crippen LogP) is 12.9. The van der Waals surface area contributed by atoms with E-state index < -0.39 is 12.9 Å². The van der Waals surface area contributed by atoms with Crippen molar-refractivity contribution in [1.82, 2.24) is 14.8 Å². The summed E-state index contributed by atoms with van der Waals surface area (Å²) in [6, 6.07) is 7.65. The Balaban J connectivity index is 1.33. The lowest BCUT2D eigenvalue weighted by atomic mass is 9.73. The smallest absolute Gasteiger partial charge is 0.333 e. The molecule has 0 aliphatic heterocycles. The third-order valence-electron chi connectivity index (χ3n) is 11.5. The maximum absolute atomic E-state index is 13.7. The van der Waals surface area contributed by atoms with Crippen LogP contribution in [-0.2, 0) is 6.42 Å². The van der Waals surface area contributed by atoms with E-state index in [0.29, 0.717) is 23.5 Å². The lowest BCUT2D eigenvalue weighted by Crippen LogP contribution is -2.17. The van der Waals surface area contributed by atoms with Gasteiger partial charge in [-0.3, -0.25) is 0 Å². The van der Waals surface area contributed by atoms with E-state index in [-0.39, 0.29) is 0 Å². The average Bonchev–Trinajstić information content (AvgIpc) is 3.67. The Kier molecular flexibility index (Phi) is 11.9. The number of rotatable bonds is 10. The van der Waals surface area contributed by atoms with Gasteiger partial charge in [-0.1, -0.05) is 64.0 Å². The Morgan fingerprint density at radius 2 is 1.73 bits per heavy atom. The van der Waals surface area contributed by atoms with Gasteiger partial charge in [0, 0.05) is 23.1 Å². The van der Waals surface area contributed by atoms with Crippen LogP contribution in [0.4, 0.5) is 13.2 Å². The van der Waals surface area contributed by atoms with Crippen LogP contribution in [0.2, 0.25) is 0 Å². The molecule has 6 rings (SSSR count). The lowest BCUT2D eigenvalue weighted by Gasteiger charge is -2.32. The first-order chi connectivity index (χ1) is 24.7. The van der Waals surface area contributed by atoms with Gasteiger partial charge in [-0.05, 0) is 158 Å². The number of halogens is 3. The van der Waals surface area contributed by atoms with Crippen molar-refractivity contribution >= 4 is 5.57 Å². The highest BCUT2D eigenvalue weighted by Gasteiger charge is 2.30. The minimum absolute atomic E-state index is 0.421. The molecular formula is C44H54F3N3O. The molecule has 2 aromatic heterocycles. The van der Waals surface area contributed by atoms with Crippen LogP contribution in [0.25, 0.3) is 16.8 Å². The third kappa shape index (κ3) is 8.08. The molecule has 1 fully saturated rings. The zero-order valence-electron chi connectivity index (χ0n) is 30.8. The summed E-state index contributed by atoms with van der Waals surface area (Å²) in [5, 5.41) is 3.99. The highest BCUT2D eigenvalue weighted by atomic mass is 19.3. The maximum Gasteiger partial charge on any atom is 0.333 e. The summed E-state index contributed by atoms with van der Waals surface area (Å²) >= 11 is 0. The van der Waals surface area contributed by atoms with Crippen molar-refractivity contribution in [2.45, 2.75) is 124 Å². The molecular weight excluding hydrogens is 643 g/mol. The standard InChI is InChI=1S/C44H54F3N3O/c1-6-30-16-11-13-28(4)38-18-12-17-34(35-26-48-50(27-35)44(46)47)25-39(38)41(30)31-14-9-10-15-32(20-19-31)43-37(7-2)29(5)42(49-43)33-21-23-36(24-22-33)51-40(45)8-3/h8,11,16,21-28,31-32,40,44,49H,3,6-7,9-10,12-15,17-20H2,1-2,4-5H3. The molecule has 4 nitrogen and oxygen atoms in total. The Bertz CT molecular complexity index is 1800. The predicted molar refractivity (Wildman–Crippen MR) is 203 cm³/mol. The summed E-state index contributed by atoms with van der Waals surface area (Å²) in [6.07, 6.45) is 22.6. The van der Waals surface area contributed by atoms with Crippen molar-refractivity contribution in [3.05, 3.63) is 112 Å². The number of aromatic amines is 1. The number of nitrogens with zero attached hydrogens (tertiary/aromatic N) is 2. The number of hydrogen-bond donors (Lipinski definition) is 1. The summed E-state index contributed by atoms with van der Waals surface area (Å²) in [4.78, 5) is 3.90. The second kappa shape index (κ2) is 16.6. The molecule has 2 heterocycles. The summed E-state index contributed by atoms with van der Waals surface area (Å²) in [6.45, 7) is 9.92. The van der Waals surface area contributed by atoms with Gasteiger partial charge in [-0.25, -0.2) is 4.68 Å². The number of benzene rings is 1. The number of H-pyrrole nitrogens is 1. The normalized spacial score (nSPS) is 22.4. The van der Waals surface area contributed by atoms with Gasteiger partial charge in [0.1, 0.15) is 5.75 Å². The van der Waals surface area contributed by atoms with Crippen LogP contribution in [0.5, 0.6) is 5.75 Å². The van der Waals surface area contributed by atoms with Crippen molar-refractivity contribution in [3.63, 3.8) is 0 Å². The summed E-state index contributed by atoms with van der Waals surface area (Å²) in [5.74, 6) is 1.76. The molecule has 3 aliphatic rings.